The van der Waals surface area contributed by atoms with E-state index in [-0.39, 0.29) is 31.3 Å². The zero-order valence-corrected chi connectivity index (χ0v) is 30.4. The average molecular weight is 717 g/mol. The van der Waals surface area contributed by atoms with Gasteiger partial charge in [-0.05, 0) is 83.7 Å². The summed E-state index contributed by atoms with van der Waals surface area (Å²) < 4.78 is 15.2. The van der Waals surface area contributed by atoms with Gasteiger partial charge in [-0.3, -0.25) is 33.9 Å². The van der Waals surface area contributed by atoms with Crippen LogP contribution in [0.5, 0.6) is 11.5 Å². The van der Waals surface area contributed by atoms with Crippen LogP contribution in [0.2, 0.25) is 0 Å². The van der Waals surface area contributed by atoms with Crippen LogP contribution < -0.4 is 14.8 Å². The van der Waals surface area contributed by atoms with Gasteiger partial charge in [0.15, 0.2) is 23.6 Å². The first-order valence-electron chi connectivity index (χ1n) is 16.3. The zero-order chi connectivity index (χ0) is 38.8. The number of nitrogens with zero attached hydrogens (tertiary/aromatic N) is 3. The van der Waals surface area contributed by atoms with Crippen LogP contribution in [0.4, 0.5) is 5.82 Å². The van der Waals surface area contributed by atoms with Gasteiger partial charge in [0.2, 0.25) is 11.7 Å². The number of rotatable bonds is 15. The number of piperidine rings is 1. The number of hydrogen-bond acceptors (Lipinski definition) is 12. The number of aldehydes is 1. The number of ether oxygens (including phenoxy) is 3. The molecule has 1 aromatic heterocycles. The summed E-state index contributed by atoms with van der Waals surface area (Å²) >= 11 is 0. The van der Waals surface area contributed by atoms with E-state index in [0.717, 1.165) is 74.8 Å². The first-order chi connectivity index (χ1) is 24.2. The lowest BCUT2D eigenvalue weighted by atomic mass is 9.90. The van der Waals surface area contributed by atoms with E-state index in [2.05, 4.69) is 26.6 Å². The standard InChI is InChI=1S/C19H25N3O3.C9H12O4.C7H13NO2.CH2O2/c1-4-6-19(23)22-18-13-20-12-15(21-18)8-5-7-14-9-10-16(24-2)17(11-14)25-3;1-4-8(12)13-6-9(2,3)7(11)5-10;1-8-5-3-2-4-6(8)7(9)10;2-1-3/h9-13H,4-8H2,1-3H3,(H,21,22,23);4-5H,1,6H2,2-3H3;6H,2-5H2,1H3,(H,9,10);1H,(H,2,3). The Balaban J connectivity index is 0.000000801. The lowest BCUT2D eigenvalue weighted by Gasteiger charge is -2.28. The molecular weight excluding hydrogens is 664 g/mol. The number of carboxylic acids is 1. The predicted octanol–water partition coefficient (Wildman–Crippen LogP) is 4.17. The molecular formula is C36H52N4O11. The van der Waals surface area contributed by atoms with Crippen molar-refractivity contribution in [2.24, 2.45) is 5.41 Å². The molecule has 1 aliphatic heterocycles. The first-order valence-corrected chi connectivity index (χ1v) is 16.3. The first kappa shape index (κ1) is 45.8. The number of aryl methyl sites for hydroxylation is 2. The van der Waals surface area contributed by atoms with Crippen molar-refractivity contribution in [3.8, 4) is 11.5 Å². The number of likely N-dealkylation sites (N-methyl/N-ethyl adjacent to an activating group) is 1. The lowest BCUT2D eigenvalue weighted by molar-refractivity contribution is -0.146. The Hall–Kier alpha value is -5.18. The highest BCUT2D eigenvalue weighted by Gasteiger charge is 2.28. The van der Waals surface area contributed by atoms with Crippen LogP contribution in [0.1, 0.15) is 70.6 Å². The number of aromatic nitrogens is 2. The molecule has 15 nitrogen and oxygen atoms in total. The maximum Gasteiger partial charge on any atom is 0.330 e. The van der Waals surface area contributed by atoms with Gasteiger partial charge in [0.05, 0.1) is 31.5 Å². The Morgan fingerprint density at radius 2 is 1.75 bits per heavy atom. The predicted molar refractivity (Wildman–Crippen MR) is 190 cm³/mol. The van der Waals surface area contributed by atoms with E-state index in [1.165, 1.54) is 19.4 Å². The number of esters is 1. The smallest absolute Gasteiger partial charge is 0.330 e. The van der Waals surface area contributed by atoms with Gasteiger partial charge in [0.25, 0.3) is 6.47 Å². The van der Waals surface area contributed by atoms with E-state index in [0.29, 0.717) is 12.2 Å². The molecule has 1 fully saturated rings. The van der Waals surface area contributed by atoms with Crippen LogP contribution >= 0.6 is 0 Å². The number of anilines is 1. The number of aliphatic carboxylic acids is 1. The minimum atomic E-state index is -0.958. The summed E-state index contributed by atoms with van der Waals surface area (Å²) in [6.07, 6.45) is 11.5. The van der Waals surface area contributed by atoms with Crippen molar-refractivity contribution in [1.82, 2.24) is 14.9 Å². The van der Waals surface area contributed by atoms with Crippen LogP contribution in [-0.4, -0.2) is 102 Å². The molecule has 1 saturated heterocycles. The second kappa shape index (κ2) is 25.7. The Labute approximate surface area is 299 Å². The van der Waals surface area contributed by atoms with Crippen LogP contribution in [0.25, 0.3) is 0 Å². The summed E-state index contributed by atoms with van der Waals surface area (Å²) in [7, 11) is 5.13. The SMILES string of the molecule is C=CC(=O)OCC(C)(C)C(=O)C=O.CCCC(=O)Nc1cncc(CCCc2ccc(OC)c(OC)c2)n1.CN1CCCCC1C(=O)O.O=CO. The molecule has 1 atom stereocenters. The molecule has 1 aromatic carbocycles. The number of ketones is 1. The molecule has 0 saturated carbocycles. The number of carboxylic acid groups (broad SMARTS) is 2. The third-order valence-electron chi connectivity index (χ3n) is 7.35. The van der Waals surface area contributed by atoms with Gasteiger partial charge in [0, 0.05) is 18.7 Å². The number of methoxy groups -OCH3 is 2. The molecule has 1 amide bonds. The van der Waals surface area contributed by atoms with Gasteiger partial charge in [-0.1, -0.05) is 26.0 Å². The summed E-state index contributed by atoms with van der Waals surface area (Å²) in [5.41, 5.74) is 1.09. The second-order valence-corrected chi connectivity index (χ2v) is 11.9. The van der Waals surface area contributed by atoms with Gasteiger partial charge >= 0.3 is 11.9 Å². The van der Waals surface area contributed by atoms with Crippen molar-refractivity contribution in [3.63, 3.8) is 0 Å². The molecule has 1 aliphatic rings. The summed E-state index contributed by atoms with van der Waals surface area (Å²) in [6, 6.07) is 5.71. The number of carbonyl (C=O) groups excluding carboxylic acids is 4. The fraction of sp³-hybridized carbons (Fsp3) is 0.500. The average Bonchev–Trinajstić information content (AvgIpc) is 3.11. The normalized spacial score (nSPS) is 13.5. The Kier molecular flexibility index (Phi) is 23.1. The maximum atomic E-state index is 11.6. The van der Waals surface area contributed by atoms with Crippen molar-refractivity contribution in [2.45, 2.75) is 78.2 Å². The minimum Gasteiger partial charge on any atom is -0.493 e. The zero-order valence-electron chi connectivity index (χ0n) is 30.4. The number of Topliss-reactive ketones (excluding diaryl/α,β-unsaturated/α-hetero) is 1. The number of likely N-dealkylation sites (tertiary alicyclic amines) is 1. The van der Waals surface area contributed by atoms with Crippen molar-refractivity contribution >= 4 is 42.2 Å². The number of amides is 1. The monoisotopic (exact) mass is 716 g/mol. The summed E-state index contributed by atoms with van der Waals surface area (Å²) in [4.78, 5) is 72.8. The molecule has 2 heterocycles. The molecule has 282 valence electrons. The van der Waals surface area contributed by atoms with E-state index >= 15 is 0 Å². The van der Waals surface area contributed by atoms with Crippen LogP contribution in [0, 0.1) is 5.41 Å². The highest BCUT2D eigenvalue weighted by atomic mass is 16.5. The van der Waals surface area contributed by atoms with Gasteiger partial charge in [-0.2, -0.15) is 0 Å². The fourth-order valence-corrected chi connectivity index (χ4v) is 4.46. The third-order valence-corrected chi connectivity index (χ3v) is 7.35. The molecule has 2 aromatic rings. The number of hydrogen-bond donors (Lipinski definition) is 3. The van der Waals surface area contributed by atoms with E-state index < -0.39 is 23.1 Å². The van der Waals surface area contributed by atoms with Crippen LogP contribution in [0.3, 0.4) is 0 Å². The molecule has 3 rings (SSSR count). The molecule has 1 unspecified atom stereocenters. The topological polar surface area (TPSA) is 212 Å². The Morgan fingerprint density at radius 1 is 1.08 bits per heavy atom. The molecule has 15 heteroatoms. The molecule has 3 N–H and O–H groups in total. The summed E-state index contributed by atoms with van der Waals surface area (Å²) in [6.45, 7) is 8.78. The van der Waals surface area contributed by atoms with E-state index in [9.17, 15) is 24.0 Å². The van der Waals surface area contributed by atoms with Crippen molar-refractivity contribution in [3.05, 3.63) is 54.5 Å². The van der Waals surface area contributed by atoms with E-state index in [1.807, 2.05) is 37.1 Å². The van der Waals surface area contributed by atoms with Gasteiger partial charge in [0.1, 0.15) is 12.6 Å². The molecule has 0 spiro atoms. The molecule has 51 heavy (non-hydrogen) atoms. The van der Waals surface area contributed by atoms with Gasteiger partial charge in [-0.25, -0.2) is 9.78 Å². The quantitative estimate of drug-likeness (QED) is 0.102. The number of benzene rings is 1. The summed E-state index contributed by atoms with van der Waals surface area (Å²) in [5, 5.41) is 18.3. The third kappa shape index (κ3) is 19.0. The van der Waals surface area contributed by atoms with Crippen LogP contribution in [-0.2, 0) is 46.3 Å². The van der Waals surface area contributed by atoms with Gasteiger partial charge in [-0.15, -0.1) is 0 Å². The number of carbonyl (C=O) groups is 6. The second-order valence-electron chi connectivity index (χ2n) is 11.9. The minimum absolute atomic E-state index is 0.0284. The summed E-state index contributed by atoms with van der Waals surface area (Å²) in [5.74, 6) is 0.0766. The highest BCUT2D eigenvalue weighted by Crippen LogP contribution is 2.28. The Bertz CT molecular complexity index is 1420. The van der Waals surface area contributed by atoms with Crippen molar-refractivity contribution < 1.29 is 53.2 Å². The molecule has 0 aliphatic carbocycles. The highest BCUT2D eigenvalue weighted by molar-refractivity contribution is 6.27. The van der Waals surface area contributed by atoms with E-state index in [4.69, 9.17) is 24.5 Å². The Morgan fingerprint density at radius 3 is 2.27 bits per heavy atom. The van der Waals surface area contributed by atoms with Crippen molar-refractivity contribution in [1.29, 1.82) is 0 Å². The van der Waals surface area contributed by atoms with Crippen molar-refractivity contribution in [2.75, 3.05) is 39.7 Å². The molecule has 0 radical (unpaired) electrons. The maximum absolute atomic E-state index is 11.6. The van der Waals surface area contributed by atoms with E-state index in [1.54, 1.807) is 26.6 Å². The van der Waals surface area contributed by atoms with Crippen LogP contribution in [0.15, 0.2) is 43.2 Å². The number of nitrogens with one attached hydrogen (secondary N) is 1. The largest absolute Gasteiger partial charge is 0.493 e. The lowest BCUT2D eigenvalue weighted by Crippen LogP contribution is -2.41. The van der Waals surface area contributed by atoms with Gasteiger partial charge < -0.3 is 29.7 Å². The fourth-order valence-electron chi connectivity index (χ4n) is 4.46. The molecule has 0 bridgehead atoms.